The van der Waals surface area contributed by atoms with E-state index in [1.807, 2.05) is 31.1 Å². The van der Waals surface area contributed by atoms with E-state index in [9.17, 15) is 13.2 Å². The Morgan fingerprint density at radius 2 is 1.73 bits per heavy atom. The second-order valence-electron chi connectivity index (χ2n) is 6.12. The average Bonchev–Trinajstić information content (AvgIpc) is 2.64. The number of nitrogens with one attached hydrogen (secondary N) is 2. The van der Waals surface area contributed by atoms with E-state index in [1.54, 1.807) is 12.4 Å². The molecule has 26 heavy (non-hydrogen) atoms. The molecule has 0 radical (unpaired) electrons. The Labute approximate surface area is 154 Å². The van der Waals surface area contributed by atoms with Crippen molar-refractivity contribution in [3.8, 4) is 0 Å². The van der Waals surface area contributed by atoms with Crippen molar-refractivity contribution in [2.24, 2.45) is 0 Å². The monoisotopic (exact) mass is 376 g/mol. The van der Waals surface area contributed by atoms with Crippen LogP contribution in [-0.2, 0) is 16.6 Å². The number of sulfonamides is 1. The number of benzene rings is 1. The fraction of sp³-hybridized carbons (Fsp3) is 0.333. The van der Waals surface area contributed by atoms with Crippen LogP contribution >= 0.6 is 0 Å². The van der Waals surface area contributed by atoms with Crippen LogP contribution in [0.2, 0.25) is 0 Å². The summed E-state index contributed by atoms with van der Waals surface area (Å²) in [5.41, 5.74) is 1.35. The van der Waals surface area contributed by atoms with Gasteiger partial charge in [0.15, 0.2) is 0 Å². The number of aromatic nitrogens is 1. The van der Waals surface area contributed by atoms with Crippen LogP contribution in [-0.4, -0.2) is 51.4 Å². The molecule has 7 nitrogen and oxygen atoms in total. The fourth-order valence-electron chi connectivity index (χ4n) is 2.26. The highest BCUT2D eigenvalue weighted by Crippen LogP contribution is 2.11. The first-order valence-electron chi connectivity index (χ1n) is 8.30. The van der Waals surface area contributed by atoms with E-state index in [1.165, 1.54) is 24.3 Å². The van der Waals surface area contributed by atoms with Gasteiger partial charge in [-0.2, -0.15) is 0 Å². The third kappa shape index (κ3) is 6.21. The molecule has 1 aromatic carbocycles. The van der Waals surface area contributed by atoms with Gasteiger partial charge in [0.1, 0.15) is 0 Å². The first kappa shape index (κ1) is 20.0. The summed E-state index contributed by atoms with van der Waals surface area (Å²) in [5, 5.41) is 2.79. The molecule has 0 atom stereocenters. The van der Waals surface area contributed by atoms with Crippen molar-refractivity contribution in [1.82, 2.24) is 19.9 Å². The second kappa shape index (κ2) is 9.42. The molecule has 0 saturated heterocycles. The number of carbonyl (C=O) groups excluding carboxylic acids is 1. The minimum absolute atomic E-state index is 0.146. The largest absolute Gasteiger partial charge is 0.348 e. The molecule has 1 aromatic heterocycles. The summed E-state index contributed by atoms with van der Waals surface area (Å²) in [5.74, 6) is -0.260. The molecule has 0 unspecified atom stereocenters. The van der Waals surface area contributed by atoms with Crippen molar-refractivity contribution in [3.05, 3.63) is 59.9 Å². The Hall–Kier alpha value is -2.29. The van der Waals surface area contributed by atoms with Gasteiger partial charge in [-0.05, 0) is 69.0 Å². The maximum Gasteiger partial charge on any atom is 0.251 e. The molecule has 2 rings (SSSR count). The highest BCUT2D eigenvalue weighted by Gasteiger charge is 2.14. The Morgan fingerprint density at radius 3 is 2.35 bits per heavy atom. The predicted molar refractivity (Wildman–Crippen MR) is 100 cm³/mol. The molecule has 1 amide bonds. The van der Waals surface area contributed by atoms with Crippen LogP contribution in [0.3, 0.4) is 0 Å². The molecule has 0 saturated carbocycles. The zero-order chi connectivity index (χ0) is 19.0. The Kier molecular flexibility index (Phi) is 7.26. The number of pyridine rings is 1. The SMILES string of the molecule is CN(C)CCCNS(=O)(=O)c1ccc(C(=O)NCc2ccncc2)cc1. The summed E-state index contributed by atoms with van der Waals surface area (Å²) >= 11 is 0. The molecular weight excluding hydrogens is 352 g/mol. The van der Waals surface area contributed by atoms with Gasteiger partial charge in [0.05, 0.1) is 4.90 Å². The third-order valence-electron chi connectivity index (χ3n) is 3.70. The van der Waals surface area contributed by atoms with Crippen LogP contribution in [0.5, 0.6) is 0 Å². The van der Waals surface area contributed by atoms with Crippen LogP contribution in [0, 0.1) is 0 Å². The minimum Gasteiger partial charge on any atom is -0.348 e. The number of nitrogens with zero attached hydrogens (tertiary/aromatic N) is 2. The molecule has 0 bridgehead atoms. The molecule has 0 fully saturated rings. The minimum atomic E-state index is -3.56. The fourth-order valence-corrected chi connectivity index (χ4v) is 3.33. The highest BCUT2D eigenvalue weighted by atomic mass is 32.2. The van der Waals surface area contributed by atoms with Crippen molar-refractivity contribution in [3.63, 3.8) is 0 Å². The Balaban J connectivity index is 1.91. The van der Waals surface area contributed by atoms with Gasteiger partial charge in [-0.25, -0.2) is 13.1 Å². The smallest absolute Gasteiger partial charge is 0.251 e. The number of rotatable bonds is 9. The first-order valence-corrected chi connectivity index (χ1v) is 9.78. The molecule has 8 heteroatoms. The quantitative estimate of drug-likeness (QED) is 0.643. The van der Waals surface area contributed by atoms with Crippen molar-refractivity contribution in [2.75, 3.05) is 27.2 Å². The standard InChI is InChI=1S/C18H24N4O3S/c1-22(2)13-3-10-21-26(24,25)17-6-4-16(5-7-17)18(23)20-14-15-8-11-19-12-9-15/h4-9,11-12,21H,3,10,13-14H2,1-2H3,(H,20,23). The highest BCUT2D eigenvalue weighted by molar-refractivity contribution is 7.89. The van der Waals surface area contributed by atoms with E-state index in [-0.39, 0.29) is 10.8 Å². The van der Waals surface area contributed by atoms with Crippen molar-refractivity contribution >= 4 is 15.9 Å². The summed E-state index contributed by atoms with van der Waals surface area (Å²) in [6.07, 6.45) is 4.04. The zero-order valence-electron chi connectivity index (χ0n) is 15.0. The molecule has 2 N–H and O–H groups in total. The molecule has 0 aliphatic heterocycles. The molecule has 0 spiro atoms. The number of amides is 1. The lowest BCUT2D eigenvalue weighted by molar-refractivity contribution is 0.0951. The molecular formula is C18H24N4O3S. The van der Waals surface area contributed by atoms with Gasteiger partial charge in [-0.1, -0.05) is 0 Å². The second-order valence-corrected chi connectivity index (χ2v) is 7.88. The third-order valence-corrected chi connectivity index (χ3v) is 5.18. The van der Waals surface area contributed by atoms with Gasteiger partial charge in [-0.15, -0.1) is 0 Å². The van der Waals surface area contributed by atoms with Gasteiger partial charge < -0.3 is 10.2 Å². The van der Waals surface area contributed by atoms with Gasteiger partial charge in [0.25, 0.3) is 5.91 Å². The summed E-state index contributed by atoms with van der Waals surface area (Å²) in [6, 6.07) is 9.54. The number of hydrogen-bond donors (Lipinski definition) is 2. The van der Waals surface area contributed by atoms with E-state index in [0.717, 1.165) is 18.5 Å². The number of carbonyl (C=O) groups is 1. The van der Waals surface area contributed by atoms with E-state index in [2.05, 4.69) is 15.0 Å². The van der Waals surface area contributed by atoms with Crippen molar-refractivity contribution in [2.45, 2.75) is 17.9 Å². The predicted octanol–water partition coefficient (Wildman–Crippen LogP) is 1.24. The van der Waals surface area contributed by atoms with E-state index >= 15 is 0 Å². The topological polar surface area (TPSA) is 91.4 Å². The van der Waals surface area contributed by atoms with E-state index in [4.69, 9.17) is 0 Å². The molecule has 0 aliphatic rings. The van der Waals surface area contributed by atoms with Crippen LogP contribution in [0.1, 0.15) is 22.3 Å². The molecule has 140 valence electrons. The summed E-state index contributed by atoms with van der Waals surface area (Å²) in [6.45, 7) is 1.56. The van der Waals surface area contributed by atoms with Crippen LogP contribution in [0.25, 0.3) is 0 Å². The Bertz CT molecular complexity index is 806. The lowest BCUT2D eigenvalue weighted by atomic mass is 10.2. The lowest BCUT2D eigenvalue weighted by Gasteiger charge is -2.11. The van der Waals surface area contributed by atoms with E-state index < -0.39 is 10.0 Å². The van der Waals surface area contributed by atoms with Crippen LogP contribution < -0.4 is 10.0 Å². The van der Waals surface area contributed by atoms with Crippen molar-refractivity contribution < 1.29 is 13.2 Å². The average molecular weight is 376 g/mol. The summed E-state index contributed by atoms with van der Waals surface area (Å²) < 4.78 is 27.0. The van der Waals surface area contributed by atoms with Gasteiger partial charge >= 0.3 is 0 Å². The molecule has 2 aromatic rings. The molecule has 1 heterocycles. The van der Waals surface area contributed by atoms with Crippen molar-refractivity contribution in [1.29, 1.82) is 0 Å². The van der Waals surface area contributed by atoms with Gasteiger partial charge in [-0.3, -0.25) is 9.78 Å². The first-order chi connectivity index (χ1) is 12.4. The van der Waals surface area contributed by atoms with Gasteiger partial charge in [0.2, 0.25) is 10.0 Å². The Morgan fingerprint density at radius 1 is 1.08 bits per heavy atom. The van der Waals surface area contributed by atoms with Crippen LogP contribution in [0.4, 0.5) is 0 Å². The summed E-state index contributed by atoms with van der Waals surface area (Å²) in [4.78, 5) is 18.2. The summed E-state index contributed by atoms with van der Waals surface area (Å²) in [7, 11) is 0.312. The maximum absolute atomic E-state index is 12.2. The lowest BCUT2D eigenvalue weighted by Crippen LogP contribution is -2.27. The number of hydrogen-bond acceptors (Lipinski definition) is 5. The normalized spacial score (nSPS) is 11.5. The molecule has 0 aliphatic carbocycles. The van der Waals surface area contributed by atoms with Gasteiger partial charge in [0, 0.05) is 31.0 Å². The van der Waals surface area contributed by atoms with E-state index in [0.29, 0.717) is 18.7 Å². The maximum atomic E-state index is 12.2. The zero-order valence-corrected chi connectivity index (χ0v) is 15.8. The van der Waals surface area contributed by atoms with Crippen LogP contribution in [0.15, 0.2) is 53.7 Å².